The Morgan fingerprint density at radius 2 is 1.83 bits per heavy atom. The molecule has 1 amide bonds. The van der Waals surface area contributed by atoms with Crippen molar-refractivity contribution in [1.82, 2.24) is 5.32 Å². The number of carbonyl (C=O) groups is 2. The molecule has 0 aliphatic carbocycles. The van der Waals surface area contributed by atoms with E-state index in [1.165, 1.54) is 0 Å². The second-order valence-electron chi connectivity index (χ2n) is 8.56. The van der Waals surface area contributed by atoms with Crippen LogP contribution in [0.15, 0.2) is 35.3 Å². The third-order valence-corrected chi connectivity index (χ3v) is 5.72. The molecule has 0 aliphatic rings. The van der Waals surface area contributed by atoms with Crippen LogP contribution < -0.4 is 16.8 Å². The van der Waals surface area contributed by atoms with Crippen LogP contribution in [0.4, 0.5) is 0 Å². The van der Waals surface area contributed by atoms with E-state index in [0.717, 1.165) is 11.7 Å². The number of hydrogen-bond donors (Lipinski definition) is 3. The number of Topliss-reactive ketones (excluding diaryl/α,β-unsaturated/α-hetero) is 1. The second kappa shape index (κ2) is 14.3. The minimum atomic E-state index is -0.563. The van der Waals surface area contributed by atoms with Gasteiger partial charge in [-0.2, -0.15) is 0 Å². The molecule has 2 atom stereocenters. The molecule has 0 spiro atoms. The summed E-state index contributed by atoms with van der Waals surface area (Å²) in [5.74, 6) is 0.507. The predicted molar refractivity (Wildman–Crippen MR) is 128 cm³/mol. The normalized spacial score (nSPS) is 14.0. The van der Waals surface area contributed by atoms with E-state index in [-0.39, 0.29) is 32.0 Å². The third kappa shape index (κ3) is 11.4. The van der Waals surface area contributed by atoms with Crippen LogP contribution in [0.1, 0.15) is 45.1 Å². The number of nitrogens with two attached hydrogens (primary N) is 2. The number of rotatable bonds is 14. The van der Waals surface area contributed by atoms with Crippen molar-refractivity contribution in [1.29, 1.82) is 0 Å². The number of amides is 1. The largest absolute Gasteiger partial charge is 0.387 e. The molecule has 0 unspecified atom stereocenters. The van der Waals surface area contributed by atoms with Gasteiger partial charge in [0.1, 0.15) is 5.78 Å². The molecule has 1 rings (SSSR count). The summed E-state index contributed by atoms with van der Waals surface area (Å²) in [6, 6.07) is 9.20. The fourth-order valence-electron chi connectivity index (χ4n) is 3.24. The van der Waals surface area contributed by atoms with E-state index >= 15 is 0 Å². The molecule has 0 aromatic heterocycles. The minimum absolute atomic E-state index is 0.0573. The smallest absolute Gasteiger partial charge is 0.223 e. The number of aliphatic imine (C=N–C) groups is 1. The van der Waals surface area contributed by atoms with Gasteiger partial charge in [0.05, 0.1) is 11.9 Å². The fraction of sp³-hybridized carbons (Fsp3) is 0.609. The maximum atomic E-state index is 12.7. The van der Waals surface area contributed by atoms with E-state index in [1.807, 2.05) is 30.3 Å². The topological polar surface area (TPSA) is 111 Å². The van der Waals surface area contributed by atoms with Crippen LogP contribution in [0.2, 0.25) is 0 Å². The molecule has 5 N–H and O–H groups in total. The fourth-order valence-corrected chi connectivity index (χ4v) is 3.99. The van der Waals surface area contributed by atoms with Gasteiger partial charge in [0.15, 0.2) is 0 Å². The van der Waals surface area contributed by atoms with Crippen molar-refractivity contribution in [2.45, 2.75) is 52.1 Å². The summed E-state index contributed by atoms with van der Waals surface area (Å²) in [5.41, 5.74) is 13.0. The molecule has 7 heteroatoms. The monoisotopic (exact) mass is 434 g/mol. The van der Waals surface area contributed by atoms with Crippen LogP contribution in [0.25, 0.3) is 0 Å². The van der Waals surface area contributed by atoms with E-state index in [4.69, 9.17) is 11.5 Å². The lowest BCUT2D eigenvalue weighted by Crippen LogP contribution is -2.37. The van der Waals surface area contributed by atoms with Crippen LogP contribution in [-0.2, 0) is 16.1 Å². The first kappa shape index (κ1) is 26.3. The zero-order valence-electron chi connectivity index (χ0n) is 18.9. The summed E-state index contributed by atoms with van der Waals surface area (Å²) in [4.78, 5) is 29.7. The number of carbonyl (C=O) groups excluding carboxylic acids is 2. The molecule has 0 aliphatic heterocycles. The lowest BCUT2D eigenvalue weighted by atomic mass is 9.89. The predicted octanol–water partition coefficient (Wildman–Crippen LogP) is 3.13. The van der Waals surface area contributed by atoms with Gasteiger partial charge in [-0.3, -0.25) is 14.6 Å². The number of nitrogens with one attached hydrogen (secondary N) is 1. The molecule has 0 saturated carbocycles. The van der Waals surface area contributed by atoms with Crippen LogP contribution in [0, 0.1) is 11.8 Å². The van der Waals surface area contributed by atoms with Crippen molar-refractivity contribution < 1.29 is 9.59 Å². The van der Waals surface area contributed by atoms with Crippen molar-refractivity contribution in [2.24, 2.45) is 28.3 Å². The third-order valence-electron chi connectivity index (χ3n) is 4.76. The highest BCUT2D eigenvalue weighted by molar-refractivity contribution is 7.57. The standard InChI is InChI=1S/C23H39N4O2P/c1-17(2)13-19(23(29)27-15-18-9-6-5-7-10-18)14-21(28)20(24)11-8-12-26-22(25)16-30(3)4/h5-7,9-10,17,19-20H,8,11-16,24H2,1-4H3,(H2,25,26)(H,27,29)/t19-,20-/m1/s1. The quantitative estimate of drug-likeness (QED) is 0.181. The summed E-state index contributed by atoms with van der Waals surface area (Å²) in [7, 11) is -0.0980. The average Bonchev–Trinajstić information content (AvgIpc) is 2.68. The van der Waals surface area contributed by atoms with Gasteiger partial charge in [0.2, 0.25) is 5.91 Å². The van der Waals surface area contributed by atoms with E-state index in [1.54, 1.807) is 0 Å². The first-order valence-corrected chi connectivity index (χ1v) is 13.1. The zero-order chi connectivity index (χ0) is 22.5. The number of ketones is 1. The summed E-state index contributed by atoms with van der Waals surface area (Å²) in [6.07, 6.45) is 2.96. The number of benzene rings is 1. The Bertz CT molecular complexity index is 677. The van der Waals surface area contributed by atoms with Gasteiger partial charge in [-0.15, -0.1) is 7.92 Å². The highest BCUT2D eigenvalue weighted by atomic mass is 31.1. The second-order valence-corrected chi connectivity index (χ2v) is 11.0. The first-order valence-electron chi connectivity index (χ1n) is 10.7. The summed E-state index contributed by atoms with van der Waals surface area (Å²) in [6.45, 7) is 9.49. The van der Waals surface area contributed by atoms with E-state index < -0.39 is 6.04 Å². The van der Waals surface area contributed by atoms with Crippen molar-refractivity contribution >= 4 is 25.4 Å². The lowest BCUT2D eigenvalue weighted by molar-refractivity contribution is -0.130. The van der Waals surface area contributed by atoms with Gasteiger partial charge in [0, 0.05) is 31.6 Å². The van der Waals surface area contributed by atoms with E-state index in [0.29, 0.717) is 44.1 Å². The molecule has 0 heterocycles. The minimum Gasteiger partial charge on any atom is -0.387 e. The lowest BCUT2D eigenvalue weighted by Gasteiger charge is -2.20. The van der Waals surface area contributed by atoms with Crippen molar-refractivity contribution in [3.8, 4) is 0 Å². The van der Waals surface area contributed by atoms with Crippen molar-refractivity contribution in [2.75, 3.05) is 26.0 Å². The molecule has 0 bridgehead atoms. The van der Waals surface area contributed by atoms with Gasteiger partial charge in [-0.05, 0) is 44.1 Å². The van der Waals surface area contributed by atoms with Gasteiger partial charge >= 0.3 is 0 Å². The van der Waals surface area contributed by atoms with Crippen LogP contribution >= 0.6 is 7.92 Å². The Labute approximate surface area is 183 Å². The summed E-state index contributed by atoms with van der Waals surface area (Å²) < 4.78 is 0. The van der Waals surface area contributed by atoms with Gasteiger partial charge < -0.3 is 16.8 Å². The SMILES string of the molecule is CC(C)C[C@H](CC(=O)[C@H](N)CCCN=C(N)CP(C)C)C(=O)NCc1ccccc1. The van der Waals surface area contributed by atoms with Gasteiger partial charge in [-0.25, -0.2) is 0 Å². The van der Waals surface area contributed by atoms with Crippen LogP contribution in [0.3, 0.4) is 0 Å². The molecule has 0 fully saturated rings. The number of amidine groups is 1. The number of hydrogen-bond acceptors (Lipinski definition) is 4. The Morgan fingerprint density at radius 1 is 1.17 bits per heavy atom. The van der Waals surface area contributed by atoms with Crippen molar-refractivity contribution in [3.05, 3.63) is 35.9 Å². The number of nitrogens with zero attached hydrogens (tertiary/aromatic N) is 1. The molecular formula is C23H39N4O2P. The summed E-state index contributed by atoms with van der Waals surface area (Å²) in [5, 5.41) is 2.97. The van der Waals surface area contributed by atoms with Gasteiger partial charge in [-0.1, -0.05) is 44.2 Å². The Balaban J connectivity index is 2.51. The molecule has 30 heavy (non-hydrogen) atoms. The Morgan fingerprint density at radius 3 is 2.43 bits per heavy atom. The maximum Gasteiger partial charge on any atom is 0.223 e. The highest BCUT2D eigenvalue weighted by Crippen LogP contribution is 2.22. The average molecular weight is 435 g/mol. The Hall–Kier alpha value is -1.78. The molecule has 6 nitrogen and oxygen atoms in total. The van der Waals surface area contributed by atoms with Crippen molar-refractivity contribution in [3.63, 3.8) is 0 Å². The molecule has 1 aromatic rings. The molecule has 168 valence electrons. The summed E-state index contributed by atoms with van der Waals surface area (Å²) >= 11 is 0. The van der Waals surface area contributed by atoms with Gasteiger partial charge in [0.25, 0.3) is 0 Å². The molecule has 1 aromatic carbocycles. The van der Waals surface area contributed by atoms with E-state index in [9.17, 15) is 9.59 Å². The van der Waals surface area contributed by atoms with E-state index in [2.05, 4.69) is 37.5 Å². The van der Waals surface area contributed by atoms with Crippen LogP contribution in [-0.4, -0.2) is 49.6 Å². The molecular weight excluding hydrogens is 395 g/mol. The first-order chi connectivity index (χ1) is 14.2. The molecule has 0 saturated heterocycles. The zero-order valence-corrected chi connectivity index (χ0v) is 19.8. The molecule has 0 radical (unpaired) electrons. The highest BCUT2D eigenvalue weighted by Gasteiger charge is 2.25. The maximum absolute atomic E-state index is 12.7. The van der Waals surface area contributed by atoms with Crippen LogP contribution in [0.5, 0.6) is 0 Å². The Kier molecular flexibility index (Phi) is 12.5.